The molecule has 1 aliphatic rings. The van der Waals surface area contributed by atoms with E-state index in [9.17, 15) is 9.18 Å². The molecule has 0 fully saturated rings. The van der Waals surface area contributed by atoms with Crippen LogP contribution in [0.2, 0.25) is 0 Å². The van der Waals surface area contributed by atoms with Crippen LogP contribution in [0.1, 0.15) is 17.5 Å². The fraction of sp³-hybridized carbons (Fsp3) is 0.143. The second-order valence-electron chi connectivity index (χ2n) is 6.45. The topological polar surface area (TPSA) is 85.7 Å². The molecule has 0 aliphatic carbocycles. The zero-order chi connectivity index (χ0) is 20.2. The summed E-state index contributed by atoms with van der Waals surface area (Å²) in [6, 6.07) is 13.2. The molecule has 0 spiro atoms. The number of hydrogen-bond donors (Lipinski definition) is 1. The fourth-order valence-electron chi connectivity index (χ4n) is 2.85. The van der Waals surface area contributed by atoms with Crippen LogP contribution in [0.4, 0.5) is 10.1 Å². The summed E-state index contributed by atoms with van der Waals surface area (Å²) in [6.07, 6.45) is 2.67. The molecular formula is C21H17FN4O3. The van der Waals surface area contributed by atoms with Gasteiger partial charge < -0.3 is 14.9 Å². The Labute approximate surface area is 166 Å². The molecule has 2 heterocycles. The van der Waals surface area contributed by atoms with Crippen LogP contribution in [0, 0.1) is 12.7 Å². The summed E-state index contributed by atoms with van der Waals surface area (Å²) in [5, 5.41) is 6.76. The van der Waals surface area contributed by atoms with Gasteiger partial charge in [-0.05, 0) is 48.9 Å². The Morgan fingerprint density at radius 2 is 2.00 bits per heavy atom. The lowest BCUT2D eigenvalue weighted by Crippen LogP contribution is -2.28. The van der Waals surface area contributed by atoms with Crippen LogP contribution in [0.15, 0.2) is 66.1 Å². The number of oxime groups is 1. The van der Waals surface area contributed by atoms with Crippen molar-refractivity contribution in [2.75, 3.05) is 5.32 Å². The number of nitrogens with one attached hydrogen (secondary N) is 1. The first kappa shape index (κ1) is 18.5. The molecule has 29 heavy (non-hydrogen) atoms. The molecule has 0 radical (unpaired) electrons. The van der Waals surface area contributed by atoms with Gasteiger partial charge >= 0.3 is 6.01 Å². The van der Waals surface area contributed by atoms with Gasteiger partial charge in [0.15, 0.2) is 0 Å². The summed E-state index contributed by atoms with van der Waals surface area (Å²) in [7, 11) is 0. The Morgan fingerprint density at radius 1 is 1.17 bits per heavy atom. The highest BCUT2D eigenvalue weighted by atomic mass is 19.1. The highest BCUT2D eigenvalue weighted by molar-refractivity contribution is 6.06. The maximum Gasteiger partial charge on any atom is 0.321 e. The van der Waals surface area contributed by atoms with Gasteiger partial charge in [0.1, 0.15) is 11.6 Å². The molecule has 146 valence electrons. The smallest absolute Gasteiger partial charge is 0.321 e. The molecule has 1 atom stereocenters. The third-order valence-electron chi connectivity index (χ3n) is 4.33. The van der Waals surface area contributed by atoms with E-state index in [0.717, 1.165) is 5.56 Å². The summed E-state index contributed by atoms with van der Waals surface area (Å²) in [5.41, 5.74) is 2.56. The van der Waals surface area contributed by atoms with Crippen molar-refractivity contribution in [1.82, 2.24) is 9.97 Å². The molecule has 1 amide bonds. The zero-order valence-corrected chi connectivity index (χ0v) is 15.5. The monoisotopic (exact) mass is 392 g/mol. The van der Waals surface area contributed by atoms with Crippen molar-refractivity contribution in [2.24, 2.45) is 5.16 Å². The molecule has 4 rings (SSSR count). The number of carbonyl (C=O) groups excluding carboxylic acids is 1. The number of carbonyl (C=O) groups is 1. The van der Waals surface area contributed by atoms with Gasteiger partial charge in [-0.1, -0.05) is 17.3 Å². The van der Waals surface area contributed by atoms with E-state index in [2.05, 4.69) is 20.4 Å². The van der Waals surface area contributed by atoms with Gasteiger partial charge in [0.05, 0.1) is 5.71 Å². The van der Waals surface area contributed by atoms with Crippen molar-refractivity contribution in [3.8, 4) is 11.8 Å². The van der Waals surface area contributed by atoms with Gasteiger partial charge in [0.25, 0.3) is 5.91 Å². The van der Waals surface area contributed by atoms with E-state index in [1.54, 1.807) is 48.8 Å². The molecule has 1 unspecified atom stereocenters. The summed E-state index contributed by atoms with van der Waals surface area (Å²) < 4.78 is 19.0. The number of anilines is 1. The number of aryl methyl sites for hydroxylation is 1. The third-order valence-corrected chi connectivity index (χ3v) is 4.33. The van der Waals surface area contributed by atoms with Gasteiger partial charge in [0.2, 0.25) is 6.10 Å². The lowest BCUT2D eigenvalue weighted by Gasteiger charge is -2.13. The van der Waals surface area contributed by atoms with E-state index in [4.69, 9.17) is 9.57 Å². The minimum Gasteiger partial charge on any atom is -0.424 e. The van der Waals surface area contributed by atoms with E-state index < -0.39 is 6.10 Å². The molecule has 0 saturated heterocycles. The first-order valence-corrected chi connectivity index (χ1v) is 8.93. The first-order valence-electron chi connectivity index (χ1n) is 8.93. The number of nitrogens with zero attached hydrogens (tertiary/aromatic N) is 3. The normalized spacial score (nSPS) is 15.4. The van der Waals surface area contributed by atoms with Gasteiger partial charge in [-0.15, -0.1) is 0 Å². The first-order chi connectivity index (χ1) is 14.1. The molecule has 1 aromatic heterocycles. The number of halogens is 1. The van der Waals surface area contributed by atoms with E-state index in [0.29, 0.717) is 22.7 Å². The Hall–Kier alpha value is -3.81. The molecule has 8 heteroatoms. The number of amides is 1. The van der Waals surface area contributed by atoms with Crippen molar-refractivity contribution in [2.45, 2.75) is 19.4 Å². The van der Waals surface area contributed by atoms with Crippen LogP contribution in [0.3, 0.4) is 0 Å². The SMILES string of the molecule is Cc1cc(Oc2ncccn2)ccc1NC(=O)C1CC(c2cccc(F)c2)=NO1. The maximum absolute atomic E-state index is 13.4. The third kappa shape index (κ3) is 4.37. The van der Waals surface area contributed by atoms with Gasteiger partial charge in [-0.2, -0.15) is 0 Å². The molecule has 0 bridgehead atoms. The number of rotatable bonds is 5. The van der Waals surface area contributed by atoms with Crippen LogP contribution in [-0.2, 0) is 9.63 Å². The Bertz CT molecular complexity index is 1070. The molecule has 3 aromatic rings. The molecule has 2 aromatic carbocycles. The highest BCUT2D eigenvalue weighted by Crippen LogP contribution is 2.25. The maximum atomic E-state index is 13.4. The van der Waals surface area contributed by atoms with Gasteiger partial charge in [-0.3, -0.25) is 4.79 Å². The second-order valence-corrected chi connectivity index (χ2v) is 6.45. The van der Waals surface area contributed by atoms with Gasteiger partial charge in [-0.25, -0.2) is 14.4 Å². The van der Waals surface area contributed by atoms with E-state index in [1.165, 1.54) is 12.1 Å². The summed E-state index contributed by atoms with van der Waals surface area (Å²) in [5.74, 6) is -0.138. The van der Waals surface area contributed by atoms with Crippen LogP contribution in [0.5, 0.6) is 11.8 Å². The minimum absolute atomic E-state index is 0.241. The molecule has 0 saturated carbocycles. The number of aromatic nitrogens is 2. The fourth-order valence-corrected chi connectivity index (χ4v) is 2.85. The predicted molar refractivity (Wildman–Crippen MR) is 104 cm³/mol. The van der Waals surface area contributed by atoms with Crippen LogP contribution in [-0.4, -0.2) is 27.7 Å². The lowest BCUT2D eigenvalue weighted by atomic mass is 10.0. The van der Waals surface area contributed by atoms with Crippen molar-refractivity contribution in [3.05, 3.63) is 77.9 Å². The van der Waals surface area contributed by atoms with Gasteiger partial charge in [0, 0.05) is 30.1 Å². The number of benzene rings is 2. The van der Waals surface area contributed by atoms with E-state index >= 15 is 0 Å². The van der Waals surface area contributed by atoms with E-state index in [-0.39, 0.29) is 24.2 Å². The average molecular weight is 392 g/mol. The quantitative estimate of drug-likeness (QED) is 0.713. The molecule has 1 N–H and O–H groups in total. The number of ether oxygens (including phenoxy) is 1. The minimum atomic E-state index is -0.777. The second kappa shape index (κ2) is 8.05. The van der Waals surface area contributed by atoms with Crippen LogP contribution < -0.4 is 10.1 Å². The predicted octanol–water partition coefficient (Wildman–Crippen LogP) is 3.85. The lowest BCUT2D eigenvalue weighted by molar-refractivity contribution is -0.125. The van der Waals surface area contributed by atoms with E-state index in [1.807, 2.05) is 6.92 Å². The van der Waals surface area contributed by atoms with Crippen molar-refractivity contribution >= 4 is 17.3 Å². The molecule has 7 nitrogen and oxygen atoms in total. The Balaban J connectivity index is 1.39. The zero-order valence-electron chi connectivity index (χ0n) is 15.5. The standard InChI is InChI=1S/C21H17FN4O3/c1-13-10-16(28-21-23-8-3-9-24-21)6-7-17(13)25-20(27)19-12-18(26-29-19)14-4-2-5-15(22)11-14/h2-11,19H,12H2,1H3,(H,25,27). The average Bonchev–Trinajstić information content (AvgIpc) is 3.21. The Morgan fingerprint density at radius 3 is 2.76 bits per heavy atom. The Kier molecular flexibility index (Phi) is 5.15. The molecular weight excluding hydrogens is 375 g/mol. The summed E-state index contributed by atoms with van der Waals surface area (Å²) in [6.45, 7) is 1.85. The van der Waals surface area contributed by atoms with Crippen molar-refractivity contribution < 1.29 is 18.8 Å². The summed E-state index contributed by atoms with van der Waals surface area (Å²) in [4.78, 5) is 25.8. The van der Waals surface area contributed by atoms with Crippen LogP contribution in [0.25, 0.3) is 0 Å². The molecule has 1 aliphatic heterocycles. The van der Waals surface area contributed by atoms with Crippen molar-refractivity contribution in [1.29, 1.82) is 0 Å². The van der Waals surface area contributed by atoms with Crippen molar-refractivity contribution in [3.63, 3.8) is 0 Å². The largest absolute Gasteiger partial charge is 0.424 e. The summed E-state index contributed by atoms with van der Waals surface area (Å²) >= 11 is 0. The number of hydrogen-bond acceptors (Lipinski definition) is 6. The highest BCUT2D eigenvalue weighted by Gasteiger charge is 2.29. The van der Waals surface area contributed by atoms with Crippen LogP contribution >= 0.6 is 0 Å².